The molecule has 0 aliphatic heterocycles. The van der Waals surface area contributed by atoms with Gasteiger partial charge in [0.1, 0.15) is 0 Å². The lowest BCUT2D eigenvalue weighted by molar-refractivity contribution is 0.493. The predicted molar refractivity (Wildman–Crippen MR) is 70.3 cm³/mol. The van der Waals surface area contributed by atoms with Crippen LogP contribution in [0.25, 0.3) is 0 Å². The molecule has 0 aromatic heterocycles. The highest BCUT2D eigenvalue weighted by Crippen LogP contribution is 2.24. The molecule has 0 aliphatic rings. The molecule has 3 heteroatoms. The van der Waals surface area contributed by atoms with Gasteiger partial charge in [0.05, 0.1) is 5.02 Å². The van der Waals surface area contributed by atoms with E-state index in [4.69, 9.17) is 17.3 Å². The molecule has 2 N–H and O–H groups in total. The monoisotopic (exact) mass is 289 g/mol. The van der Waals surface area contributed by atoms with E-state index >= 15 is 0 Å². The lowest BCUT2D eigenvalue weighted by atomic mass is 9.98. The van der Waals surface area contributed by atoms with Crippen molar-refractivity contribution in [1.29, 1.82) is 0 Å². The zero-order valence-electron chi connectivity index (χ0n) is 9.13. The van der Waals surface area contributed by atoms with Gasteiger partial charge in [-0.25, -0.2) is 0 Å². The molecule has 0 saturated carbocycles. The average molecular weight is 291 g/mol. The van der Waals surface area contributed by atoms with E-state index in [2.05, 4.69) is 35.8 Å². The third-order valence-corrected chi connectivity index (χ3v) is 3.49. The van der Waals surface area contributed by atoms with E-state index in [-0.39, 0.29) is 6.04 Å². The highest BCUT2D eigenvalue weighted by molar-refractivity contribution is 9.10. The quantitative estimate of drug-likeness (QED) is 0.890. The van der Waals surface area contributed by atoms with Crippen LogP contribution in [-0.2, 0) is 6.42 Å². The molecule has 0 aliphatic carbocycles. The molecule has 1 atom stereocenters. The molecule has 0 heterocycles. The third kappa shape index (κ3) is 4.54. The molecule has 1 rings (SSSR count). The molecule has 1 aromatic rings. The Kier molecular flexibility index (Phi) is 5.10. The minimum absolute atomic E-state index is 0.224. The summed E-state index contributed by atoms with van der Waals surface area (Å²) >= 11 is 9.39. The highest BCUT2D eigenvalue weighted by Gasteiger charge is 2.07. The molecule has 0 spiro atoms. The lowest BCUT2D eigenvalue weighted by Crippen LogP contribution is -2.24. The van der Waals surface area contributed by atoms with Crippen molar-refractivity contribution in [3.8, 4) is 0 Å². The maximum absolute atomic E-state index is 6.04. The molecule has 0 amide bonds. The Hall–Kier alpha value is -0.0500. The zero-order valence-corrected chi connectivity index (χ0v) is 11.5. The molecule has 0 bridgehead atoms. The van der Waals surface area contributed by atoms with Crippen LogP contribution >= 0.6 is 27.5 Å². The minimum Gasteiger partial charge on any atom is -0.327 e. The summed E-state index contributed by atoms with van der Waals surface area (Å²) in [5, 5.41) is 0.754. The van der Waals surface area contributed by atoms with Crippen LogP contribution < -0.4 is 5.73 Å². The van der Waals surface area contributed by atoms with E-state index in [1.165, 1.54) is 5.56 Å². The minimum atomic E-state index is 0.224. The Morgan fingerprint density at radius 2 is 2.07 bits per heavy atom. The van der Waals surface area contributed by atoms with Gasteiger partial charge in [0.15, 0.2) is 0 Å². The van der Waals surface area contributed by atoms with Crippen molar-refractivity contribution in [3.63, 3.8) is 0 Å². The summed E-state index contributed by atoms with van der Waals surface area (Å²) in [4.78, 5) is 0. The first kappa shape index (κ1) is 13.0. The van der Waals surface area contributed by atoms with Gasteiger partial charge < -0.3 is 5.73 Å². The number of hydrogen-bond donors (Lipinski definition) is 1. The summed E-state index contributed by atoms with van der Waals surface area (Å²) < 4.78 is 0.936. The normalized spacial score (nSPS) is 13.2. The summed E-state index contributed by atoms with van der Waals surface area (Å²) in [6, 6.07) is 6.24. The average Bonchev–Trinajstić information content (AvgIpc) is 2.10. The van der Waals surface area contributed by atoms with Crippen LogP contribution in [-0.4, -0.2) is 6.04 Å². The van der Waals surface area contributed by atoms with Crippen LogP contribution in [0.5, 0.6) is 0 Å². The van der Waals surface area contributed by atoms with Crippen LogP contribution in [0.1, 0.15) is 25.8 Å². The van der Waals surface area contributed by atoms with E-state index in [1.807, 2.05) is 12.1 Å². The van der Waals surface area contributed by atoms with Gasteiger partial charge in [-0.1, -0.05) is 31.5 Å². The molecule has 1 unspecified atom stereocenters. The SMILES string of the molecule is CC(C)CC(N)Cc1ccc(Br)c(Cl)c1. The fraction of sp³-hybridized carbons (Fsp3) is 0.500. The predicted octanol–water partition coefficient (Wildman–Crippen LogP) is 4.02. The van der Waals surface area contributed by atoms with E-state index in [0.717, 1.165) is 22.3 Å². The van der Waals surface area contributed by atoms with Gasteiger partial charge in [-0.2, -0.15) is 0 Å². The van der Waals surface area contributed by atoms with Crippen molar-refractivity contribution in [3.05, 3.63) is 33.3 Å². The number of hydrogen-bond acceptors (Lipinski definition) is 1. The Morgan fingerprint density at radius 1 is 1.40 bits per heavy atom. The van der Waals surface area contributed by atoms with Crippen molar-refractivity contribution in [1.82, 2.24) is 0 Å². The lowest BCUT2D eigenvalue weighted by Gasteiger charge is -2.14. The van der Waals surface area contributed by atoms with Crippen LogP contribution in [0.15, 0.2) is 22.7 Å². The largest absolute Gasteiger partial charge is 0.327 e. The molecular formula is C12H17BrClN. The summed E-state index contributed by atoms with van der Waals surface area (Å²) in [5.41, 5.74) is 7.24. The Morgan fingerprint density at radius 3 is 2.60 bits per heavy atom. The van der Waals surface area contributed by atoms with Gasteiger partial charge in [0.2, 0.25) is 0 Å². The molecule has 1 aromatic carbocycles. The van der Waals surface area contributed by atoms with E-state index in [0.29, 0.717) is 5.92 Å². The third-order valence-electron chi connectivity index (χ3n) is 2.26. The first-order valence-corrected chi connectivity index (χ1v) is 6.35. The van der Waals surface area contributed by atoms with Crippen molar-refractivity contribution in [2.24, 2.45) is 11.7 Å². The van der Waals surface area contributed by atoms with Crippen LogP contribution in [0.3, 0.4) is 0 Å². The molecule has 84 valence electrons. The van der Waals surface area contributed by atoms with E-state index in [9.17, 15) is 0 Å². The van der Waals surface area contributed by atoms with Crippen molar-refractivity contribution in [2.75, 3.05) is 0 Å². The van der Waals surface area contributed by atoms with Gasteiger partial charge in [-0.15, -0.1) is 0 Å². The fourth-order valence-corrected chi connectivity index (χ4v) is 2.11. The zero-order chi connectivity index (χ0) is 11.4. The standard InChI is InChI=1S/C12H17BrClN/c1-8(2)5-10(15)6-9-3-4-11(13)12(14)7-9/h3-4,7-8,10H,5-6,15H2,1-2H3. The number of halogens is 2. The number of rotatable bonds is 4. The van der Waals surface area contributed by atoms with E-state index in [1.54, 1.807) is 0 Å². The first-order chi connectivity index (χ1) is 6.99. The first-order valence-electron chi connectivity index (χ1n) is 5.18. The number of benzene rings is 1. The highest BCUT2D eigenvalue weighted by atomic mass is 79.9. The summed E-state index contributed by atoms with van der Waals surface area (Å²) in [5.74, 6) is 0.644. The van der Waals surface area contributed by atoms with Crippen LogP contribution in [0.4, 0.5) is 0 Å². The second kappa shape index (κ2) is 5.88. The molecule has 1 nitrogen and oxygen atoms in total. The molecule has 15 heavy (non-hydrogen) atoms. The summed E-state index contributed by atoms with van der Waals surface area (Å²) in [7, 11) is 0. The van der Waals surface area contributed by atoms with Gasteiger partial charge in [0.25, 0.3) is 0 Å². The maximum atomic E-state index is 6.04. The molecular weight excluding hydrogens is 273 g/mol. The Balaban J connectivity index is 2.60. The van der Waals surface area contributed by atoms with Gasteiger partial charge in [-0.3, -0.25) is 0 Å². The van der Waals surface area contributed by atoms with Crippen LogP contribution in [0, 0.1) is 5.92 Å². The molecule has 0 fully saturated rings. The second-order valence-electron chi connectivity index (χ2n) is 4.34. The summed E-state index contributed by atoms with van der Waals surface area (Å²) in [6.45, 7) is 4.38. The maximum Gasteiger partial charge on any atom is 0.0550 e. The fourth-order valence-electron chi connectivity index (χ4n) is 1.66. The Bertz CT molecular complexity index is 325. The summed E-state index contributed by atoms with van der Waals surface area (Å²) in [6.07, 6.45) is 1.94. The van der Waals surface area contributed by atoms with Gasteiger partial charge in [0, 0.05) is 10.5 Å². The molecule has 0 saturated heterocycles. The van der Waals surface area contributed by atoms with Crippen molar-refractivity contribution in [2.45, 2.75) is 32.7 Å². The Labute approximate surface area is 105 Å². The van der Waals surface area contributed by atoms with Gasteiger partial charge >= 0.3 is 0 Å². The number of nitrogens with two attached hydrogens (primary N) is 1. The van der Waals surface area contributed by atoms with Crippen molar-refractivity contribution < 1.29 is 0 Å². The van der Waals surface area contributed by atoms with E-state index < -0.39 is 0 Å². The molecule has 0 radical (unpaired) electrons. The van der Waals surface area contributed by atoms with Gasteiger partial charge in [-0.05, 0) is 52.4 Å². The topological polar surface area (TPSA) is 26.0 Å². The van der Waals surface area contributed by atoms with Crippen molar-refractivity contribution >= 4 is 27.5 Å². The smallest absolute Gasteiger partial charge is 0.0550 e. The van der Waals surface area contributed by atoms with Crippen LogP contribution in [0.2, 0.25) is 5.02 Å². The second-order valence-corrected chi connectivity index (χ2v) is 5.60.